The number of rotatable bonds is 4. The summed E-state index contributed by atoms with van der Waals surface area (Å²) in [4.78, 5) is 37.4. The van der Waals surface area contributed by atoms with Crippen molar-refractivity contribution in [3.8, 4) is 17.1 Å². The van der Waals surface area contributed by atoms with E-state index in [9.17, 15) is 14.7 Å². The van der Waals surface area contributed by atoms with Gasteiger partial charge >= 0.3 is 0 Å². The van der Waals surface area contributed by atoms with Crippen LogP contribution in [0.15, 0.2) is 125 Å². The van der Waals surface area contributed by atoms with Crippen molar-refractivity contribution in [2.24, 2.45) is 4.99 Å². The van der Waals surface area contributed by atoms with Gasteiger partial charge in [-0.25, -0.2) is 9.98 Å². The first kappa shape index (κ1) is 22.2. The van der Waals surface area contributed by atoms with Crippen molar-refractivity contribution in [1.82, 2.24) is 9.66 Å². The highest BCUT2D eigenvalue weighted by Gasteiger charge is 2.35. The minimum atomic E-state index is -0.487. The lowest BCUT2D eigenvalue weighted by molar-refractivity contribution is -0.115. The number of carbonyl (C=O) groups excluding carboxylic acids is 1. The fourth-order valence-corrected chi connectivity index (χ4v) is 4.32. The Bertz CT molecular complexity index is 1770. The Kier molecular flexibility index (Phi) is 5.43. The maximum Gasteiger partial charge on any atom is 0.297 e. The number of phenolic OH excluding ortho intramolecular Hbond substituents is 1. The van der Waals surface area contributed by atoms with Crippen LogP contribution in [-0.2, 0) is 4.79 Å². The molecule has 0 spiro atoms. The van der Waals surface area contributed by atoms with Crippen molar-refractivity contribution in [2.45, 2.75) is 0 Å². The topological polar surface area (TPSA) is 87.8 Å². The van der Waals surface area contributed by atoms with Gasteiger partial charge in [-0.2, -0.15) is 9.69 Å². The zero-order valence-electron chi connectivity index (χ0n) is 19.5. The van der Waals surface area contributed by atoms with Gasteiger partial charge in [0.1, 0.15) is 11.4 Å². The maximum atomic E-state index is 14.0. The molecular formula is C30H20N4O3. The van der Waals surface area contributed by atoms with Crippen LogP contribution in [0.4, 0.5) is 0 Å². The lowest BCUT2D eigenvalue weighted by atomic mass is 10.1. The standard InChI is InChI=1S/C30H20N4O3/c35-23-15-9-10-20(18-23)19-26-30(37)34(28(32-26)22-13-5-2-6-14-22)33-27(21-11-3-1-4-12-21)31-25-17-8-7-16-24(25)29(33)36/h1-19,35H/b26-19-. The molecule has 7 heteroatoms. The second-order valence-electron chi connectivity index (χ2n) is 8.48. The number of benzene rings is 4. The highest BCUT2D eigenvalue weighted by atomic mass is 16.3. The van der Waals surface area contributed by atoms with Gasteiger partial charge in [-0.3, -0.25) is 9.59 Å². The van der Waals surface area contributed by atoms with E-state index in [4.69, 9.17) is 4.98 Å². The number of aliphatic imine (C=N–C) groups is 1. The molecule has 6 rings (SSSR count). The number of para-hydroxylation sites is 1. The molecule has 178 valence electrons. The first-order valence-corrected chi connectivity index (χ1v) is 11.7. The SMILES string of the molecule is O=C1/C(=C/c2cccc(O)c2)N=C(c2ccccc2)N1n1c(-c2ccccc2)nc2ccccc2c1=O. The summed E-state index contributed by atoms with van der Waals surface area (Å²) in [7, 11) is 0. The number of fused-ring (bicyclic) bond motifs is 1. The molecule has 0 aliphatic carbocycles. The summed E-state index contributed by atoms with van der Waals surface area (Å²) in [6.07, 6.45) is 1.59. The molecule has 1 amide bonds. The van der Waals surface area contributed by atoms with Crippen LogP contribution in [0.5, 0.6) is 5.75 Å². The number of amidine groups is 1. The van der Waals surface area contributed by atoms with Gasteiger partial charge in [0, 0.05) is 11.1 Å². The van der Waals surface area contributed by atoms with Gasteiger partial charge in [0.2, 0.25) is 0 Å². The van der Waals surface area contributed by atoms with Crippen LogP contribution < -0.4 is 10.6 Å². The summed E-state index contributed by atoms with van der Waals surface area (Å²) < 4.78 is 1.30. The minimum absolute atomic E-state index is 0.0743. The van der Waals surface area contributed by atoms with E-state index >= 15 is 0 Å². The predicted molar refractivity (Wildman–Crippen MR) is 144 cm³/mol. The van der Waals surface area contributed by atoms with E-state index in [-0.39, 0.29) is 17.0 Å². The molecule has 37 heavy (non-hydrogen) atoms. The lowest BCUT2D eigenvalue weighted by Gasteiger charge is -2.23. The van der Waals surface area contributed by atoms with Crippen LogP contribution in [0.3, 0.4) is 0 Å². The monoisotopic (exact) mass is 484 g/mol. The van der Waals surface area contributed by atoms with Crippen LogP contribution >= 0.6 is 0 Å². The summed E-state index contributed by atoms with van der Waals surface area (Å²) in [5.74, 6) is 0.206. The molecule has 0 bridgehead atoms. The van der Waals surface area contributed by atoms with E-state index in [2.05, 4.69) is 4.99 Å². The largest absolute Gasteiger partial charge is 0.508 e. The number of aromatic hydroxyl groups is 1. The quantitative estimate of drug-likeness (QED) is 0.374. The number of aromatic nitrogens is 2. The van der Waals surface area contributed by atoms with Gasteiger partial charge in [0.05, 0.1) is 10.9 Å². The molecule has 0 atom stereocenters. The van der Waals surface area contributed by atoms with Crippen LogP contribution in [-0.4, -0.2) is 26.5 Å². The fraction of sp³-hybridized carbons (Fsp3) is 0. The molecule has 7 nitrogen and oxygen atoms in total. The summed E-state index contributed by atoms with van der Waals surface area (Å²) in [6.45, 7) is 0. The van der Waals surface area contributed by atoms with Gasteiger partial charge in [-0.05, 0) is 35.9 Å². The molecule has 1 N–H and O–H groups in total. The van der Waals surface area contributed by atoms with Crippen LogP contribution in [0.1, 0.15) is 11.1 Å². The van der Waals surface area contributed by atoms with Gasteiger partial charge in [0.15, 0.2) is 11.7 Å². The van der Waals surface area contributed by atoms with Gasteiger partial charge in [0.25, 0.3) is 11.5 Å². The Morgan fingerprint density at radius 3 is 2.14 bits per heavy atom. The fourth-order valence-electron chi connectivity index (χ4n) is 4.32. The van der Waals surface area contributed by atoms with E-state index < -0.39 is 5.91 Å². The molecule has 2 heterocycles. The Morgan fingerprint density at radius 1 is 0.730 bits per heavy atom. The van der Waals surface area contributed by atoms with Gasteiger partial charge in [-0.15, -0.1) is 0 Å². The third-order valence-corrected chi connectivity index (χ3v) is 6.03. The van der Waals surface area contributed by atoms with E-state index in [0.717, 1.165) is 0 Å². The number of amides is 1. The zero-order chi connectivity index (χ0) is 25.4. The van der Waals surface area contributed by atoms with Crippen molar-refractivity contribution >= 4 is 28.7 Å². The highest BCUT2D eigenvalue weighted by molar-refractivity contribution is 6.29. The maximum absolute atomic E-state index is 14.0. The highest BCUT2D eigenvalue weighted by Crippen LogP contribution is 2.26. The van der Waals surface area contributed by atoms with E-state index in [1.165, 1.54) is 9.69 Å². The average molecular weight is 485 g/mol. The number of hydrogen-bond acceptors (Lipinski definition) is 5. The van der Waals surface area contributed by atoms with Gasteiger partial charge < -0.3 is 5.11 Å². The smallest absolute Gasteiger partial charge is 0.297 e. The molecule has 1 aromatic heterocycles. The number of carbonyl (C=O) groups is 1. The molecule has 0 radical (unpaired) electrons. The first-order valence-electron chi connectivity index (χ1n) is 11.7. The molecule has 0 fully saturated rings. The summed E-state index contributed by atoms with van der Waals surface area (Å²) in [6, 6.07) is 32.1. The molecule has 1 aliphatic rings. The third-order valence-electron chi connectivity index (χ3n) is 6.03. The van der Waals surface area contributed by atoms with E-state index in [1.54, 1.807) is 48.5 Å². The molecular weight excluding hydrogens is 464 g/mol. The predicted octanol–water partition coefficient (Wildman–Crippen LogP) is 4.74. The van der Waals surface area contributed by atoms with Gasteiger partial charge in [-0.1, -0.05) is 84.9 Å². The van der Waals surface area contributed by atoms with E-state index in [1.807, 2.05) is 66.7 Å². The summed E-state index contributed by atoms with van der Waals surface area (Å²) in [5.41, 5.74) is 2.21. The Hall–Kier alpha value is -5.30. The van der Waals surface area contributed by atoms with Crippen molar-refractivity contribution in [3.05, 3.63) is 136 Å². The molecule has 0 saturated carbocycles. The van der Waals surface area contributed by atoms with Crippen LogP contribution in [0, 0.1) is 0 Å². The second-order valence-corrected chi connectivity index (χ2v) is 8.48. The lowest BCUT2D eigenvalue weighted by Crippen LogP contribution is -2.49. The normalized spacial score (nSPS) is 14.4. The van der Waals surface area contributed by atoms with E-state index in [0.29, 0.717) is 39.3 Å². The average Bonchev–Trinajstić information content (AvgIpc) is 3.25. The number of phenols is 1. The van der Waals surface area contributed by atoms with Crippen molar-refractivity contribution < 1.29 is 9.90 Å². The third kappa shape index (κ3) is 3.98. The molecule has 4 aromatic carbocycles. The van der Waals surface area contributed by atoms with Crippen molar-refractivity contribution in [1.29, 1.82) is 0 Å². The van der Waals surface area contributed by atoms with Crippen LogP contribution in [0.25, 0.3) is 28.4 Å². The van der Waals surface area contributed by atoms with Crippen molar-refractivity contribution in [3.63, 3.8) is 0 Å². The second kappa shape index (κ2) is 9.05. The number of nitrogens with zero attached hydrogens (tertiary/aromatic N) is 4. The summed E-state index contributed by atoms with van der Waals surface area (Å²) >= 11 is 0. The molecule has 1 aliphatic heterocycles. The Balaban J connectivity index is 1.63. The van der Waals surface area contributed by atoms with Crippen LogP contribution in [0.2, 0.25) is 0 Å². The number of hydrogen-bond donors (Lipinski definition) is 1. The summed E-state index contributed by atoms with van der Waals surface area (Å²) in [5, 5.41) is 11.6. The molecule has 0 saturated heterocycles. The Morgan fingerprint density at radius 2 is 1.41 bits per heavy atom. The first-order chi connectivity index (χ1) is 18.1. The molecule has 0 unspecified atom stereocenters. The van der Waals surface area contributed by atoms with Crippen molar-refractivity contribution in [2.75, 3.05) is 5.01 Å². The molecule has 5 aromatic rings. The minimum Gasteiger partial charge on any atom is -0.508 e. The zero-order valence-corrected chi connectivity index (χ0v) is 19.5. The Labute approximate surface area is 211 Å².